The third-order valence-corrected chi connectivity index (χ3v) is 4.22. The van der Waals surface area contributed by atoms with Crippen molar-refractivity contribution < 1.29 is 134 Å². The molecule has 0 aromatic heterocycles. The topological polar surface area (TPSA) is 135 Å². The maximum absolute atomic E-state index is 11.5. The van der Waals surface area contributed by atoms with Crippen molar-refractivity contribution in [3.05, 3.63) is 30.3 Å². The van der Waals surface area contributed by atoms with Crippen LogP contribution < -0.4 is 108 Å². The number of rotatable bonds is 2. The van der Waals surface area contributed by atoms with E-state index in [0.29, 0.717) is 6.07 Å². The molecule has 102 valence electrons. The zero-order valence-electron chi connectivity index (χ0n) is 11.1. The summed E-state index contributed by atoms with van der Waals surface area (Å²) in [7, 11) is -9.51. The van der Waals surface area contributed by atoms with Crippen LogP contribution in [0, 0.1) is 0 Å². The van der Waals surface area contributed by atoms with Gasteiger partial charge in [0.25, 0.3) is 10.1 Å². The fourth-order valence-corrected chi connectivity index (χ4v) is 2.96. The van der Waals surface area contributed by atoms with Crippen molar-refractivity contribution in [3.63, 3.8) is 0 Å². The van der Waals surface area contributed by atoms with Crippen LogP contribution in [0.15, 0.2) is 40.1 Å². The van der Waals surface area contributed by atoms with Crippen molar-refractivity contribution in [1.29, 1.82) is 0 Å². The molecular formula is C10H6K2O7S2. The van der Waals surface area contributed by atoms with Gasteiger partial charge in [0.2, 0.25) is 0 Å². The standard InChI is InChI=1S/C10H8O7S2.2K/c11-8-5-7-6(4-10(8)19(15,16)17)2-1-3-9(7)18(12,13)14;;/h1-5,11H,(H,12,13,14)(H,15,16,17);;/q;2*+1/p-2. The number of fused-ring (bicyclic) bond motifs is 1. The minimum absolute atomic E-state index is 0. The van der Waals surface area contributed by atoms with Crippen molar-refractivity contribution in [1.82, 2.24) is 0 Å². The first-order valence-electron chi connectivity index (χ1n) is 4.78. The largest absolute Gasteiger partial charge is 1.00 e. The van der Waals surface area contributed by atoms with Crippen LogP contribution in [-0.2, 0) is 20.2 Å². The van der Waals surface area contributed by atoms with E-state index in [1.165, 1.54) is 12.1 Å². The Labute approximate surface area is 206 Å². The van der Waals surface area contributed by atoms with Crippen LogP contribution in [0.4, 0.5) is 0 Å². The predicted octanol–water partition coefficient (Wildman–Crippen LogP) is -5.93. The molecular weight excluding hydrogens is 374 g/mol. The summed E-state index contributed by atoms with van der Waals surface area (Å²) in [5.41, 5.74) is 0. The van der Waals surface area contributed by atoms with Crippen molar-refractivity contribution >= 4 is 31.0 Å². The summed E-state index contributed by atoms with van der Waals surface area (Å²) in [6, 6.07) is 5.08. The van der Waals surface area contributed by atoms with E-state index in [2.05, 4.69) is 0 Å². The van der Waals surface area contributed by atoms with Gasteiger partial charge in [0.05, 0.1) is 9.79 Å². The SMILES string of the molecule is O=S(=O)([O-])c1cccc2cc(S(=O)(=O)O)c([O-])cc12.[K+].[K+]. The average molecular weight is 380 g/mol. The van der Waals surface area contributed by atoms with Gasteiger partial charge >= 0.3 is 103 Å². The summed E-state index contributed by atoms with van der Waals surface area (Å²) in [6.45, 7) is 0. The minimum Gasteiger partial charge on any atom is -0.872 e. The van der Waals surface area contributed by atoms with Gasteiger partial charge in [-0.15, -0.1) is 0 Å². The summed E-state index contributed by atoms with van der Waals surface area (Å²) < 4.78 is 63.8. The van der Waals surface area contributed by atoms with Gasteiger partial charge in [0.15, 0.2) is 0 Å². The van der Waals surface area contributed by atoms with E-state index in [4.69, 9.17) is 4.55 Å². The van der Waals surface area contributed by atoms with E-state index in [0.717, 1.165) is 12.1 Å². The summed E-state index contributed by atoms with van der Waals surface area (Å²) in [4.78, 5) is -1.50. The Morgan fingerprint density at radius 1 is 0.952 bits per heavy atom. The Balaban J connectivity index is 0.00000200. The molecule has 2 aromatic rings. The Bertz CT molecular complexity index is 876. The van der Waals surface area contributed by atoms with Gasteiger partial charge in [-0.1, -0.05) is 23.9 Å². The van der Waals surface area contributed by atoms with Crippen molar-refractivity contribution in [2.24, 2.45) is 0 Å². The molecule has 0 atom stereocenters. The quantitative estimate of drug-likeness (QED) is 0.405. The zero-order chi connectivity index (χ0) is 14.4. The molecule has 0 radical (unpaired) electrons. The Hall–Kier alpha value is 1.59. The van der Waals surface area contributed by atoms with E-state index in [1.807, 2.05) is 0 Å². The second kappa shape index (κ2) is 8.11. The minimum atomic E-state index is -4.80. The molecule has 11 heteroatoms. The molecule has 0 saturated carbocycles. The molecule has 0 heterocycles. The van der Waals surface area contributed by atoms with E-state index in [-0.39, 0.29) is 114 Å². The molecule has 0 saturated heterocycles. The molecule has 0 aliphatic heterocycles. The van der Waals surface area contributed by atoms with E-state index in [1.54, 1.807) is 0 Å². The smallest absolute Gasteiger partial charge is 0.872 e. The second-order valence-corrected chi connectivity index (χ2v) is 6.44. The predicted molar refractivity (Wildman–Crippen MR) is 61.2 cm³/mol. The molecule has 21 heavy (non-hydrogen) atoms. The number of benzene rings is 2. The molecule has 2 aromatic carbocycles. The fraction of sp³-hybridized carbons (Fsp3) is 0. The normalized spacial score (nSPS) is 11.5. The summed E-state index contributed by atoms with van der Waals surface area (Å²) in [5.74, 6) is -1.09. The molecule has 0 bridgehead atoms. The average Bonchev–Trinajstić information content (AvgIpc) is 2.24. The van der Waals surface area contributed by atoms with E-state index >= 15 is 0 Å². The van der Waals surface area contributed by atoms with Gasteiger partial charge in [0.1, 0.15) is 10.1 Å². The van der Waals surface area contributed by atoms with E-state index < -0.39 is 35.8 Å². The van der Waals surface area contributed by atoms with Gasteiger partial charge in [0, 0.05) is 0 Å². The summed E-state index contributed by atoms with van der Waals surface area (Å²) in [6.07, 6.45) is 0. The number of hydrogen-bond acceptors (Lipinski definition) is 6. The molecule has 0 aliphatic rings. The van der Waals surface area contributed by atoms with Crippen molar-refractivity contribution in [2.45, 2.75) is 9.79 Å². The first kappa shape index (κ1) is 22.6. The molecule has 1 N–H and O–H groups in total. The van der Waals surface area contributed by atoms with Crippen LogP contribution in [0.1, 0.15) is 0 Å². The maximum atomic E-state index is 11.5. The molecule has 0 aliphatic carbocycles. The molecule has 0 unspecified atom stereocenters. The van der Waals surface area contributed by atoms with Crippen LogP contribution in [-0.4, -0.2) is 25.9 Å². The summed E-state index contributed by atoms with van der Waals surface area (Å²) in [5, 5.41) is 11.4. The van der Waals surface area contributed by atoms with Crippen molar-refractivity contribution in [2.75, 3.05) is 0 Å². The third-order valence-electron chi connectivity index (χ3n) is 2.45. The van der Waals surface area contributed by atoms with Crippen LogP contribution in [0.2, 0.25) is 0 Å². The Morgan fingerprint density at radius 3 is 2.00 bits per heavy atom. The second-order valence-electron chi connectivity index (χ2n) is 3.71. The van der Waals surface area contributed by atoms with Gasteiger partial charge < -0.3 is 9.66 Å². The molecule has 0 fully saturated rings. The van der Waals surface area contributed by atoms with Crippen LogP contribution in [0.3, 0.4) is 0 Å². The molecule has 0 amide bonds. The third kappa shape index (κ3) is 5.29. The summed E-state index contributed by atoms with van der Waals surface area (Å²) >= 11 is 0. The van der Waals surface area contributed by atoms with Crippen LogP contribution >= 0.6 is 0 Å². The van der Waals surface area contributed by atoms with E-state index in [9.17, 15) is 26.5 Å². The Kier molecular flexibility index (Phi) is 8.73. The Morgan fingerprint density at radius 2 is 1.52 bits per heavy atom. The van der Waals surface area contributed by atoms with Gasteiger partial charge in [-0.05, 0) is 22.9 Å². The monoisotopic (exact) mass is 380 g/mol. The van der Waals surface area contributed by atoms with Crippen LogP contribution in [0.5, 0.6) is 5.75 Å². The zero-order valence-corrected chi connectivity index (χ0v) is 19.0. The fourth-order valence-electron chi connectivity index (χ4n) is 1.68. The molecule has 2 rings (SSSR count). The first-order chi connectivity index (χ1) is 8.60. The van der Waals surface area contributed by atoms with Gasteiger partial charge in [-0.25, -0.2) is 8.42 Å². The first-order valence-corrected chi connectivity index (χ1v) is 7.63. The molecule has 0 spiro atoms. The van der Waals surface area contributed by atoms with Crippen molar-refractivity contribution in [3.8, 4) is 5.75 Å². The van der Waals surface area contributed by atoms with Gasteiger partial charge in [-0.3, -0.25) is 4.55 Å². The van der Waals surface area contributed by atoms with Crippen LogP contribution in [0.25, 0.3) is 10.8 Å². The number of hydrogen-bond donors (Lipinski definition) is 1. The van der Waals surface area contributed by atoms with Gasteiger partial charge in [-0.2, -0.15) is 8.42 Å². The maximum Gasteiger partial charge on any atom is 1.00 e. The molecule has 7 nitrogen and oxygen atoms in total.